The molecule has 14 heavy (non-hydrogen) atoms. The first kappa shape index (κ1) is 29.2. The summed E-state index contributed by atoms with van der Waals surface area (Å²) >= 11 is -7.88. The van der Waals surface area contributed by atoms with Crippen LogP contribution >= 0.6 is 0 Å². The van der Waals surface area contributed by atoms with E-state index < -0.39 is 35.9 Å². The minimum atomic E-state index is -3.94. The molecule has 0 saturated carbocycles. The van der Waals surface area contributed by atoms with E-state index in [0.29, 0.717) is 0 Å². The molecule has 0 aliphatic rings. The zero-order valence-corrected chi connectivity index (χ0v) is 10.1. The van der Waals surface area contributed by atoms with Gasteiger partial charge in [-0.25, -0.2) is 0 Å². The third-order valence-corrected chi connectivity index (χ3v) is 0. The Bertz CT molecular complexity index is 201. The van der Waals surface area contributed by atoms with Crippen LogP contribution in [0.1, 0.15) is 0 Å². The van der Waals surface area contributed by atoms with Crippen LogP contribution in [-0.2, 0) is 62.6 Å². The van der Waals surface area contributed by atoms with Crippen LogP contribution in [0.2, 0.25) is 0 Å². The molecular weight excluding hydrogens is 337 g/mol. The molecule has 0 aliphatic heterocycles. The minimum absolute atomic E-state index is 0. The van der Waals surface area contributed by atoms with Gasteiger partial charge in [-0.1, -0.05) is 0 Å². The molecule has 0 aromatic rings. The summed E-state index contributed by atoms with van der Waals surface area (Å²) in [6.07, 6.45) is 0. The van der Waals surface area contributed by atoms with Gasteiger partial charge in [-0.2, -0.15) is 0 Å². The van der Waals surface area contributed by atoms with Crippen molar-refractivity contribution in [1.82, 2.24) is 6.15 Å². The number of hydrogen-bond donors (Lipinski definition) is 1. The third kappa shape index (κ3) is 1430000. The Morgan fingerprint density at radius 3 is 0.857 bits per heavy atom. The van der Waals surface area contributed by atoms with Crippen molar-refractivity contribution in [2.24, 2.45) is 0 Å². The zero-order valence-electron chi connectivity index (χ0n) is 6.32. The van der Waals surface area contributed by atoms with Gasteiger partial charge in [0.15, 0.2) is 0 Å². The Labute approximate surface area is 97.0 Å². The summed E-state index contributed by atoms with van der Waals surface area (Å²) in [5.41, 5.74) is 0. The van der Waals surface area contributed by atoms with Crippen molar-refractivity contribution in [2.75, 3.05) is 0 Å². The summed E-state index contributed by atoms with van der Waals surface area (Å²) in [7, 11) is 0. The van der Waals surface area contributed by atoms with Crippen molar-refractivity contribution >= 4 is 0 Å². The molecule has 0 aromatic carbocycles. The Hall–Kier alpha value is -0.0317. The van der Waals surface area contributed by atoms with Crippen LogP contribution in [0.3, 0.4) is 0 Å². The quantitative estimate of drug-likeness (QED) is 0.274. The van der Waals surface area contributed by atoms with Gasteiger partial charge in [0.05, 0.1) is 5.09 Å². The van der Waals surface area contributed by atoms with Crippen molar-refractivity contribution in [3.63, 3.8) is 0 Å². The van der Waals surface area contributed by atoms with Crippen LogP contribution in [0, 0.1) is 15.3 Å². The van der Waals surface area contributed by atoms with E-state index in [-0.39, 0.29) is 23.2 Å². The van der Waals surface area contributed by atoms with Crippen LogP contribution in [0.4, 0.5) is 0 Å². The van der Waals surface area contributed by atoms with Crippen molar-refractivity contribution in [1.29, 1.82) is 0 Å². The summed E-state index contributed by atoms with van der Waals surface area (Å²) in [5.74, 6) is 0. The first-order chi connectivity index (χ1) is 5.20. The molecule has 0 unspecified atom stereocenters. The van der Waals surface area contributed by atoms with E-state index in [0.717, 1.165) is 0 Å². The Kier molecular flexibility index (Phi) is 48.2. The number of hydrogen-bond acceptors (Lipinski definition) is 9. The Morgan fingerprint density at radius 1 is 0.857 bits per heavy atom. The predicted octanol–water partition coefficient (Wildman–Crippen LogP) is -2.72. The molecule has 0 saturated heterocycles. The summed E-state index contributed by atoms with van der Waals surface area (Å²) in [6.45, 7) is 0. The molecule has 89 valence electrons. The van der Waals surface area contributed by atoms with Crippen LogP contribution in [-0.4, -0.2) is 5.09 Å². The van der Waals surface area contributed by atoms with Gasteiger partial charge in [-0.05, 0) is 0 Å². The normalized spacial score (nSPS) is 5.29. The van der Waals surface area contributed by atoms with Gasteiger partial charge in [-0.3, -0.25) is 0 Å². The van der Waals surface area contributed by atoms with Crippen LogP contribution in [0.5, 0.6) is 0 Å². The molecule has 0 aromatic heterocycles. The van der Waals surface area contributed by atoms with Gasteiger partial charge in [0.2, 0.25) is 0 Å². The maximum absolute atomic E-state index is 8.56. The van der Waals surface area contributed by atoms with E-state index in [1.165, 1.54) is 0 Å². The Balaban J connectivity index is -0.0000000270. The molecule has 14 heteroatoms. The first-order valence-corrected chi connectivity index (χ1v) is 5.06. The maximum atomic E-state index is 8.56. The van der Waals surface area contributed by atoms with Crippen LogP contribution in [0.15, 0.2) is 0 Å². The average molecular weight is 341 g/mol. The molecule has 0 rings (SSSR count). The second kappa shape index (κ2) is 23.1. The molecule has 0 heterocycles. The summed E-state index contributed by atoms with van der Waals surface area (Å²) < 4.78 is 51.4. The van der Waals surface area contributed by atoms with E-state index in [1.807, 2.05) is 0 Å². The summed E-state index contributed by atoms with van der Waals surface area (Å²) in [4.78, 5) is 8.25. The predicted molar refractivity (Wildman–Crippen MR) is 19.1 cm³/mol. The van der Waals surface area contributed by atoms with E-state index in [1.54, 1.807) is 0 Å². The number of nitrogens with zero attached hydrogens (tertiary/aromatic N) is 1. The second-order valence-corrected chi connectivity index (χ2v) is 2.07. The van der Waals surface area contributed by atoms with Crippen molar-refractivity contribution in [3.05, 3.63) is 15.3 Å². The molecule has 0 aliphatic carbocycles. The fourth-order valence-corrected chi connectivity index (χ4v) is 0. The molecule has 4 N–H and O–H groups in total. The standard InChI is InChI=1S/Cu.NO3.H3N.6O.2V/c;2-1(3)4;;;;;;;;;/h;;1H3;;;;;;;;/q+2;-1;;;;;;2*-1;;/p+1. The van der Waals surface area contributed by atoms with Crippen molar-refractivity contribution < 1.29 is 75.7 Å². The fraction of sp³-hybridized carbons (Fsp3) is 0. The monoisotopic (exact) mass is 341 g/mol. The molecule has 0 amide bonds. The molecular formula is H4CuN2O9V2. The van der Waals surface area contributed by atoms with E-state index >= 15 is 0 Å². The Morgan fingerprint density at radius 2 is 0.857 bits per heavy atom. The first-order valence-electron chi connectivity index (χ1n) is 1.64. The van der Waals surface area contributed by atoms with Gasteiger partial charge in [0.1, 0.15) is 0 Å². The summed E-state index contributed by atoms with van der Waals surface area (Å²) in [5, 5.41) is 14.8. The van der Waals surface area contributed by atoms with Crippen LogP contribution in [0.25, 0.3) is 0 Å². The number of quaternary nitrogens is 1. The zero-order chi connectivity index (χ0) is 10.7. The van der Waals surface area contributed by atoms with Crippen molar-refractivity contribution in [3.8, 4) is 0 Å². The summed E-state index contributed by atoms with van der Waals surface area (Å²) in [6, 6.07) is 0. The molecule has 11 nitrogen and oxygen atoms in total. The van der Waals surface area contributed by atoms with Gasteiger partial charge < -0.3 is 21.5 Å². The van der Waals surface area contributed by atoms with Gasteiger partial charge >= 0.3 is 70.6 Å². The topological polar surface area (TPSA) is 217 Å². The van der Waals surface area contributed by atoms with E-state index in [9.17, 15) is 0 Å². The fourth-order valence-electron chi connectivity index (χ4n) is 0. The molecule has 0 spiro atoms. The molecule has 0 bridgehead atoms. The average Bonchev–Trinajstić information content (AvgIpc) is 1.54. The van der Waals surface area contributed by atoms with E-state index in [4.69, 9.17) is 38.1 Å². The van der Waals surface area contributed by atoms with Crippen LogP contribution < -0.4 is 14.2 Å². The third-order valence-electron chi connectivity index (χ3n) is 0. The molecule has 1 radical (unpaired) electrons. The SMILES string of the molecule is O=[N+]([O-])[O-].[Cu+2].[NH4+].[O]=[V](=[O])[O-].[O]=[V](=[O])[O-]. The second-order valence-electron chi connectivity index (χ2n) is 0.671. The van der Waals surface area contributed by atoms with Crippen molar-refractivity contribution in [2.45, 2.75) is 0 Å². The van der Waals surface area contributed by atoms with E-state index in [2.05, 4.69) is 0 Å². The van der Waals surface area contributed by atoms with Gasteiger partial charge in [0, 0.05) is 0 Å². The number of rotatable bonds is 0. The molecule has 0 fully saturated rings. The molecule has 0 atom stereocenters. The van der Waals surface area contributed by atoms with Gasteiger partial charge in [0.25, 0.3) is 0 Å². The van der Waals surface area contributed by atoms with Gasteiger partial charge in [-0.15, -0.1) is 0 Å².